The maximum atomic E-state index is 14.7. The maximum Gasteiger partial charge on any atom is 0.404 e. The van der Waals surface area contributed by atoms with Crippen molar-refractivity contribution in [3.63, 3.8) is 0 Å². The van der Waals surface area contributed by atoms with Crippen molar-refractivity contribution < 1.29 is 31.9 Å². The van der Waals surface area contributed by atoms with Crippen molar-refractivity contribution in [2.45, 2.75) is 92.0 Å². The second-order valence-electron chi connectivity index (χ2n) is 12.3. The summed E-state index contributed by atoms with van der Waals surface area (Å²) in [5.74, 6) is -1.69. The van der Waals surface area contributed by atoms with Crippen LogP contribution < -0.4 is 26.6 Å². The molecule has 0 aromatic carbocycles. The van der Waals surface area contributed by atoms with Crippen LogP contribution in [0.1, 0.15) is 33.1 Å². The number of halogens is 5. The van der Waals surface area contributed by atoms with Gasteiger partial charge >= 0.3 is 6.18 Å². The molecule has 13 atom stereocenters. The summed E-state index contributed by atoms with van der Waals surface area (Å²) in [7, 11) is 1.69. The van der Waals surface area contributed by atoms with E-state index in [0.717, 1.165) is 6.42 Å². The molecule has 234 valence electrons. The Morgan fingerprint density at radius 2 is 1.80 bits per heavy atom. The number of nitrogens with zero attached hydrogens (tertiary/aromatic N) is 1. The highest BCUT2D eigenvalue weighted by atomic mass is 35.5. The van der Waals surface area contributed by atoms with E-state index in [9.17, 15) is 27.2 Å². The van der Waals surface area contributed by atoms with Crippen molar-refractivity contribution in [1.82, 2.24) is 31.5 Å². The molecule has 0 bridgehead atoms. The molecule has 5 saturated heterocycles. The van der Waals surface area contributed by atoms with E-state index < -0.39 is 36.3 Å². The smallest absolute Gasteiger partial charge is 0.380 e. The molecule has 13 unspecified atom stereocenters. The Bertz CT molecular complexity index is 957. The first-order valence-corrected chi connectivity index (χ1v) is 15.8. The van der Waals surface area contributed by atoms with Gasteiger partial charge in [-0.2, -0.15) is 13.2 Å². The van der Waals surface area contributed by atoms with Gasteiger partial charge in [-0.1, -0.05) is 6.92 Å². The first-order valence-electron chi connectivity index (χ1n) is 14.5. The van der Waals surface area contributed by atoms with Crippen LogP contribution in [0.4, 0.5) is 17.6 Å². The highest BCUT2D eigenvalue weighted by Crippen LogP contribution is 2.39. The molecule has 0 aromatic rings. The topological polar surface area (TPSA) is 107 Å². The van der Waals surface area contributed by atoms with Gasteiger partial charge in [0.25, 0.3) is 0 Å². The summed E-state index contributed by atoms with van der Waals surface area (Å²) in [5, 5.41) is 15.3. The average molecular weight is 629 g/mol. The quantitative estimate of drug-likeness (QED) is 0.177. The van der Waals surface area contributed by atoms with Crippen molar-refractivity contribution in [3.8, 4) is 0 Å². The third-order valence-electron chi connectivity index (χ3n) is 9.55. The van der Waals surface area contributed by atoms with Gasteiger partial charge in [0, 0.05) is 50.6 Å². The molecule has 5 rings (SSSR count). The normalized spacial score (nSPS) is 45.4. The Labute approximate surface area is 247 Å². The number of likely N-dealkylation sites (tertiary alicyclic amines) is 1. The molecule has 9 nitrogen and oxygen atoms in total. The second kappa shape index (κ2) is 12.6. The van der Waals surface area contributed by atoms with E-state index in [1.54, 1.807) is 7.11 Å². The summed E-state index contributed by atoms with van der Waals surface area (Å²) in [4.78, 5) is 28.1. The number of ether oxygens (including phenoxy) is 1. The van der Waals surface area contributed by atoms with E-state index in [2.05, 4.69) is 33.5 Å². The molecule has 5 aliphatic rings. The number of nitrogens with one attached hydrogen (secondary N) is 5. The largest absolute Gasteiger partial charge is 0.404 e. The Morgan fingerprint density at radius 1 is 1.05 bits per heavy atom. The molecule has 0 radical (unpaired) electrons. The zero-order chi connectivity index (χ0) is 29.6. The van der Waals surface area contributed by atoms with Crippen molar-refractivity contribution >= 4 is 35.2 Å². The highest BCUT2D eigenvalue weighted by Gasteiger charge is 2.53. The second-order valence-corrected chi connectivity index (χ2v) is 14.2. The van der Waals surface area contributed by atoms with E-state index >= 15 is 0 Å². The predicted octanol–water partition coefficient (Wildman–Crippen LogP) is 1.37. The summed E-state index contributed by atoms with van der Waals surface area (Å²) in [5.41, 5.74) is -0.532. The molecular weight excluding hydrogens is 588 g/mol. The average Bonchev–Trinajstić information content (AvgIpc) is 3.46. The standard InChI is InChI=1S/C26H41ClF4N6O3S/c1-11-4-16(28)21(35-22(11)26(29,30)31)24(39)37-9-17-19(10-37)41-25(34-17)36-23(38)15-7-32-12(2)5-13(15)14-6-20(27)33-8-18(14)40-3/h11-22,25,32-35H,4-10H2,1-3H3,(H,36,38). The van der Waals surface area contributed by atoms with Gasteiger partial charge in [-0.05, 0) is 43.9 Å². The number of hydrogen-bond donors (Lipinski definition) is 5. The Balaban J connectivity index is 1.16. The SMILES string of the molecule is COC1CNC(Cl)CC1C1CC(C)NCC1C(=O)NC1NC2CN(C(=O)C3NC(C(F)(F)F)C(C)CC3F)CC2S1. The van der Waals surface area contributed by atoms with Crippen LogP contribution in [0.15, 0.2) is 0 Å². The lowest BCUT2D eigenvalue weighted by molar-refractivity contribution is -0.180. The molecule has 0 aliphatic carbocycles. The van der Waals surface area contributed by atoms with Gasteiger partial charge in [0.15, 0.2) is 0 Å². The van der Waals surface area contributed by atoms with Gasteiger partial charge in [-0.25, -0.2) is 4.39 Å². The van der Waals surface area contributed by atoms with Gasteiger partial charge in [-0.15, -0.1) is 23.4 Å². The summed E-state index contributed by atoms with van der Waals surface area (Å²) < 4.78 is 60.8. The summed E-state index contributed by atoms with van der Waals surface area (Å²) >= 11 is 7.92. The zero-order valence-electron chi connectivity index (χ0n) is 23.4. The van der Waals surface area contributed by atoms with E-state index in [1.165, 1.54) is 23.6 Å². The fraction of sp³-hybridized carbons (Fsp3) is 0.923. The van der Waals surface area contributed by atoms with Crippen LogP contribution in [0.3, 0.4) is 0 Å². The number of fused-ring (bicyclic) bond motifs is 1. The molecule has 0 saturated carbocycles. The fourth-order valence-corrected chi connectivity index (χ4v) is 9.08. The number of alkyl halides is 5. The lowest BCUT2D eigenvalue weighted by Crippen LogP contribution is -2.63. The van der Waals surface area contributed by atoms with Crippen LogP contribution >= 0.6 is 23.4 Å². The van der Waals surface area contributed by atoms with E-state index in [-0.39, 0.29) is 77.6 Å². The van der Waals surface area contributed by atoms with Gasteiger partial charge in [0.1, 0.15) is 23.8 Å². The van der Waals surface area contributed by atoms with Gasteiger partial charge in [0.05, 0.1) is 17.5 Å². The Hall–Kier alpha value is -0.900. The third kappa shape index (κ3) is 6.78. The van der Waals surface area contributed by atoms with Gasteiger partial charge in [0.2, 0.25) is 11.8 Å². The molecular formula is C26H41ClF4N6O3S. The van der Waals surface area contributed by atoms with Crippen molar-refractivity contribution in [2.24, 2.45) is 23.7 Å². The van der Waals surface area contributed by atoms with Gasteiger partial charge in [-0.3, -0.25) is 25.5 Å². The number of piperidine rings is 3. The van der Waals surface area contributed by atoms with Crippen LogP contribution in [0.5, 0.6) is 0 Å². The number of carbonyl (C=O) groups is 2. The summed E-state index contributed by atoms with van der Waals surface area (Å²) in [6, 6.07) is -3.33. The molecule has 15 heteroatoms. The van der Waals surface area contributed by atoms with Crippen LogP contribution in [0.25, 0.3) is 0 Å². The first kappa shape index (κ1) is 31.5. The molecule has 0 spiro atoms. The zero-order valence-corrected chi connectivity index (χ0v) is 25.0. The first-order chi connectivity index (χ1) is 19.3. The molecule has 41 heavy (non-hydrogen) atoms. The molecule has 2 amide bonds. The van der Waals surface area contributed by atoms with Crippen molar-refractivity contribution in [1.29, 1.82) is 0 Å². The molecule has 5 aliphatic heterocycles. The van der Waals surface area contributed by atoms with Crippen LogP contribution in [0.2, 0.25) is 0 Å². The predicted molar refractivity (Wildman–Crippen MR) is 148 cm³/mol. The number of rotatable bonds is 5. The van der Waals surface area contributed by atoms with E-state index in [0.29, 0.717) is 19.5 Å². The Morgan fingerprint density at radius 3 is 2.49 bits per heavy atom. The van der Waals surface area contributed by atoms with Gasteiger partial charge < -0.3 is 20.3 Å². The van der Waals surface area contributed by atoms with Crippen molar-refractivity contribution in [2.75, 3.05) is 33.3 Å². The molecule has 5 N–H and O–H groups in total. The number of thioether (sulfide) groups is 1. The minimum absolute atomic E-state index is 0.0327. The monoisotopic (exact) mass is 628 g/mol. The maximum absolute atomic E-state index is 14.7. The molecule has 0 aromatic heterocycles. The lowest BCUT2D eigenvalue weighted by atomic mass is 9.70. The molecule has 5 heterocycles. The summed E-state index contributed by atoms with van der Waals surface area (Å²) in [6.45, 7) is 5.16. The summed E-state index contributed by atoms with van der Waals surface area (Å²) in [6.07, 6.45) is -5.05. The number of methoxy groups -OCH3 is 1. The highest BCUT2D eigenvalue weighted by molar-refractivity contribution is 8.00. The Kier molecular flexibility index (Phi) is 9.69. The fourth-order valence-electron chi connectivity index (χ4n) is 7.38. The molecule has 5 fully saturated rings. The minimum atomic E-state index is -4.56. The van der Waals surface area contributed by atoms with E-state index in [1.807, 2.05) is 0 Å². The number of hydrogen-bond acceptors (Lipinski definition) is 8. The van der Waals surface area contributed by atoms with E-state index in [4.69, 9.17) is 16.3 Å². The van der Waals surface area contributed by atoms with Crippen molar-refractivity contribution in [3.05, 3.63) is 0 Å². The number of amides is 2. The lowest BCUT2D eigenvalue weighted by Gasteiger charge is -2.45. The minimum Gasteiger partial charge on any atom is -0.380 e. The third-order valence-corrected chi connectivity index (χ3v) is 11.2. The van der Waals surface area contributed by atoms with Crippen LogP contribution in [-0.2, 0) is 14.3 Å². The van der Waals surface area contributed by atoms with Crippen LogP contribution in [-0.4, -0.2) is 109 Å². The number of carbonyl (C=O) groups excluding carboxylic acids is 2. The van der Waals surface area contributed by atoms with Crippen LogP contribution in [0, 0.1) is 23.7 Å².